The molecule has 0 bridgehead atoms. The number of ether oxygens (including phenoxy) is 2. The van der Waals surface area contributed by atoms with E-state index in [1.54, 1.807) is 0 Å². The maximum absolute atomic E-state index is 10.9. The minimum atomic E-state index is -1.15. The number of aliphatic hydroxyl groups is 2. The first kappa shape index (κ1) is 15.9. The smallest absolute Gasteiger partial charge is 0.166 e. The van der Waals surface area contributed by atoms with Crippen LogP contribution in [0.5, 0.6) is 11.5 Å². The van der Waals surface area contributed by atoms with Gasteiger partial charge in [0.2, 0.25) is 0 Å². The second-order valence-corrected chi connectivity index (χ2v) is 4.75. The summed E-state index contributed by atoms with van der Waals surface area (Å²) in [4.78, 5) is 10.9. The molecule has 2 N–H and O–H groups in total. The van der Waals surface area contributed by atoms with E-state index in [9.17, 15) is 15.0 Å². The van der Waals surface area contributed by atoms with Crippen LogP contribution in [0.3, 0.4) is 0 Å². The van der Waals surface area contributed by atoms with Crippen LogP contribution in [0.4, 0.5) is 0 Å². The number of aldehydes is 1. The molecule has 0 aliphatic heterocycles. The molecule has 1 rings (SSSR count). The molecule has 2 unspecified atom stereocenters. The zero-order valence-electron chi connectivity index (χ0n) is 10.8. The largest absolute Gasteiger partial charge is 0.493 e. The summed E-state index contributed by atoms with van der Waals surface area (Å²) in [6.45, 7) is 0. The van der Waals surface area contributed by atoms with Crippen molar-refractivity contribution >= 4 is 22.2 Å². The van der Waals surface area contributed by atoms with E-state index >= 15 is 0 Å². The zero-order valence-corrected chi connectivity index (χ0v) is 12.4. The van der Waals surface area contributed by atoms with Gasteiger partial charge in [0.15, 0.2) is 11.5 Å². The van der Waals surface area contributed by atoms with Crippen LogP contribution >= 0.6 is 15.9 Å². The fourth-order valence-corrected chi connectivity index (χ4v) is 2.25. The normalized spacial score (nSPS) is 13.7. The number of carbonyl (C=O) groups is 1. The quantitative estimate of drug-likeness (QED) is 0.587. The summed E-state index contributed by atoms with van der Waals surface area (Å²) >= 11 is 3.20. The number of halogens is 1. The lowest BCUT2D eigenvalue weighted by Gasteiger charge is -2.21. The van der Waals surface area contributed by atoms with Crippen molar-refractivity contribution in [2.75, 3.05) is 19.5 Å². The molecule has 0 saturated carbocycles. The third-order valence-electron chi connectivity index (χ3n) is 2.75. The Balaban J connectivity index is 3.26. The standard InChI is InChI=1S/C13H17BrO5/c1-18-11-6-8(7-15)5-9(13(11)19-2)12(17)10(16)3-4-14/h5-7,10,12,16-17H,3-4H2,1-2H3. The maximum Gasteiger partial charge on any atom is 0.166 e. The molecule has 0 amide bonds. The molecule has 0 aliphatic rings. The molecule has 0 spiro atoms. The second kappa shape index (κ2) is 7.47. The molecule has 0 heterocycles. The van der Waals surface area contributed by atoms with Crippen LogP contribution in [-0.4, -0.2) is 42.2 Å². The summed E-state index contributed by atoms with van der Waals surface area (Å²) in [5.74, 6) is 0.654. The first-order valence-electron chi connectivity index (χ1n) is 5.72. The van der Waals surface area contributed by atoms with Gasteiger partial charge >= 0.3 is 0 Å². The molecule has 106 valence electrons. The lowest BCUT2D eigenvalue weighted by molar-refractivity contribution is 0.0158. The van der Waals surface area contributed by atoms with Gasteiger partial charge in [-0.25, -0.2) is 0 Å². The zero-order chi connectivity index (χ0) is 14.4. The number of hydrogen-bond acceptors (Lipinski definition) is 5. The SMILES string of the molecule is COc1cc(C=O)cc(C(O)C(O)CCBr)c1OC. The Kier molecular flexibility index (Phi) is 6.27. The molecule has 0 aliphatic carbocycles. The van der Waals surface area contributed by atoms with Gasteiger partial charge in [-0.2, -0.15) is 0 Å². The summed E-state index contributed by atoms with van der Waals surface area (Å²) in [5.41, 5.74) is 0.676. The Morgan fingerprint density at radius 1 is 1.32 bits per heavy atom. The Labute approximate surface area is 120 Å². The fraction of sp³-hybridized carbons (Fsp3) is 0.462. The van der Waals surface area contributed by atoms with Crippen LogP contribution < -0.4 is 9.47 Å². The summed E-state index contributed by atoms with van der Waals surface area (Å²) in [6.07, 6.45) is -1.09. The van der Waals surface area contributed by atoms with Gasteiger partial charge in [0.05, 0.1) is 20.3 Å². The second-order valence-electron chi connectivity index (χ2n) is 3.95. The minimum absolute atomic E-state index is 0.314. The van der Waals surface area contributed by atoms with Gasteiger partial charge in [-0.05, 0) is 18.6 Å². The number of carbonyl (C=O) groups excluding carboxylic acids is 1. The van der Waals surface area contributed by atoms with Gasteiger partial charge < -0.3 is 19.7 Å². The van der Waals surface area contributed by atoms with Crippen LogP contribution in [-0.2, 0) is 0 Å². The van der Waals surface area contributed by atoms with Crippen LogP contribution in [0.1, 0.15) is 28.4 Å². The Hall–Kier alpha value is -1.11. The van der Waals surface area contributed by atoms with Gasteiger partial charge in [0.25, 0.3) is 0 Å². The monoisotopic (exact) mass is 332 g/mol. The predicted octanol–water partition coefficient (Wildman–Crippen LogP) is 1.70. The van der Waals surface area contributed by atoms with E-state index in [-0.39, 0.29) is 0 Å². The first-order valence-corrected chi connectivity index (χ1v) is 6.84. The Bertz CT molecular complexity index is 435. The average Bonchev–Trinajstić information content (AvgIpc) is 2.44. The highest BCUT2D eigenvalue weighted by Gasteiger charge is 2.24. The minimum Gasteiger partial charge on any atom is -0.493 e. The van der Waals surface area contributed by atoms with Crippen molar-refractivity contribution in [3.05, 3.63) is 23.3 Å². The molecule has 19 heavy (non-hydrogen) atoms. The highest BCUT2D eigenvalue weighted by molar-refractivity contribution is 9.09. The molecule has 1 aromatic carbocycles. The third-order valence-corrected chi connectivity index (χ3v) is 3.21. The van der Waals surface area contributed by atoms with E-state index in [1.165, 1.54) is 26.4 Å². The molecule has 1 aromatic rings. The van der Waals surface area contributed by atoms with Gasteiger partial charge in [-0.1, -0.05) is 15.9 Å². The van der Waals surface area contributed by atoms with Crippen molar-refractivity contribution in [2.24, 2.45) is 0 Å². The predicted molar refractivity (Wildman–Crippen MR) is 74.3 cm³/mol. The summed E-state index contributed by atoms with van der Waals surface area (Å²) in [7, 11) is 2.88. The number of benzene rings is 1. The topological polar surface area (TPSA) is 76.0 Å². The van der Waals surface area contributed by atoms with E-state index in [4.69, 9.17) is 9.47 Å². The molecule has 0 radical (unpaired) electrons. The Morgan fingerprint density at radius 3 is 2.47 bits per heavy atom. The number of hydrogen-bond donors (Lipinski definition) is 2. The number of methoxy groups -OCH3 is 2. The van der Waals surface area contributed by atoms with Crippen LogP contribution in [0.2, 0.25) is 0 Å². The number of alkyl halides is 1. The molecule has 6 heteroatoms. The van der Waals surface area contributed by atoms with E-state index in [0.29, 0.717) is 40.7 Å². The lowest BCUT2D eigenvalue weighted by Crippen LogP contribution is -2.19. The Morgan fingerprint density at radius 2 is 2.00 bits per heavy atom. The third kappa shape index (κ3) is 3.68. The van der Waals surface area contributed by atoms with Crippen LogP contribution in [0.15, 0.2) is 12.1 Å². The van der Waals surface area contributed by atoms with E-state index in [2.05, 4.69) is 15.9 Å². The number of rotatable bonds is 7. The van der Waals surface area contributed by atoms with Gasteiger partial charge in [0.1, 0.15) is 12.4 Å². The molecular formula is C13H17BrO5. The summed E-state index contributed by atoms with van der Waals surface area (Å²) in [6, 6.07) is 3.00. The van der Waals surface area contributed by atoms with E-state index in [1.807, 2.05) is 0 Å². The van der Waals surface area contributed by atoms with Crippen molar-refractivity contribution in [2.45, 2.75) is 18.6 Å². The lowest BCUT2D eigenvalue weighted by atomic mass is 9.99. The fourth-order valence-electron chi connectivity index (χ4n) is 1.78. The average molecular weight is 333 g/mol. The maximum atomic E-state index is 10.9. The van der Waals surface area contributed by atoms with Crippen molar-refractivity contribution in [3.63, 3.8) is 0 Å². The van der Waals surface area contributed by atoms with Crippen LogP contribution in [0, 0.1) is 0 Å². The van der Waals surface area contributed by atoms with Crippen molar-refractivity contribution in [1.29, 1.82) is 0 Å². The highest BCUT2D eigenvalue weighted by Crippen LogP contribution is 2.37. The van der Waals surface area contributed by atoms with E-state index < -0.39 is 12.2 Å². The van der Waals surface area contributed by atoms with Crippen molar-refractivity contribution in [3.8, 4) is 11.5 Å². The molecule has 0 aromatic heterocycles. The van der Waals surface area contributed by atoms with Gasteiger partial charge in [-0.15, -0.1) is 0 Å². The number of aliphatic hydroxyl groups excluding tert-OH is 2. The van der Waals surface area contributed by atoms with Gasteiger partial charge in [-0.3, -0.25) is 4.79 Å². The van der Waals surface area contributed by atoms with Gasteiger partial charge in [0, 0.05) is 16.5 Å². The highest BCUT2D eigenvalue weighted by atomic mass is 79.9. The molecule has 0 saturated heterocycles. The molecule has 0 fully saturated rings. The molecule has 5 nitrogen and oxygen atoms in total. The molecule has 2 atom stereocenters. The summed E-state index contributed by atoms with van der Waals surface area (Å²) in [5, 5.41) is 20.6. The van der Waals surface area contributed by atoms with Crippen molar-refractivity contribution in [1.82, 2.24) is 0 Å². The van der Waals surface area contributed by atoms with Crippen molar-refractivity contribution < 1.29 is 24.5 Å². The molecular weight excluding hydrogens is 316 g/mol. The van der Waals surface area contributed by atoms with E-state index in [0.717, 1.165) is 0 Å². The first-order chi connectivity index (χ1) is 9.08. The summed E-state index contributed by atoms with van der Waals surface area (Å²) < 4.78 is 10.3. The van der Waals surface area contributed by atoms with Crippen LogP contribution in [0.25, 0.3) is 0 Å².